The lowest BCUT2D eigenvalue weighted by molar-refractivity contribution is 0.126. The third-order valence-corrected chi connectivity index (χ3v) is 4.47. The molecule has 1 fully saturated rings. The van der Waals surface area contributed by atoms with Crippen LogP contribution in [0.4, 0.5) is 5.82 Å². The average molecular weight is 336 g/mol. The summed E-state index contributed by atoms with van der Waals surface area (Å²) < 4.78 is 6.15. The molecule has 2 aromatic heterocycles. The number of aliphatic hydroxyl groups is 1. The molecule has 0 bridgehead atoms. The third-order valence-electron chi connectivity index (χ3n) is 3.66. The minimum Gasteiger partial charge on any atom is -0.444 e. The van der Waals surface area contributed by atoms with E-state index in [2.05, 4.69) is 26.2 Å². The van der Waals surface area contributed by atoms with Crippen LogP contribution in [0.25, 0.3) is 11.0 Å². The van der Waals surface area contributed by atoms with Crippen molar-refractivity contribution in [2.75, 3.05) is 5.32 Å². The summed E-state index contributed by atoms with van der Waals surface area (Å²) >= 11 is 3.52. The van der Waals surface area contributed by atoms with Gasteiger partial charge in [0.05, 0.1) is 16.8 Å². The highest BCUT2D eigenvalue weighted by molar-refractivity contribution is 9.10. The number of fused-ring (bicyclic) bond motifs is 1. The van der Waals surface area contributed by atoms with E-state index in [1.54, 1.807) is 12.3 Å². The Hall–Kier alpha value is -1.58. The smallest absolute Gasteiger partial charge is 0.204 e. The summed E-state index contributed by atoms with van der Waals surface area (Å²) in [5.74, 6) is 1.03. The highest BCUT2D eigenvalue weighted by Gasteiger charge is 2.21. The molecule has 2 aromatic rings. The molecule has 2 N–H and O–H groups in total. The van der Waals surface area contributed by atoms with Crippen LogP contribution in [0.15, 0.2) is 21.2 Å². The van der Waals surface area contributed by atoms with E-state index >= 15 is 0 Å². The van der Waals surface area contributed by atoms with E-state index in [1.165, 1.54) is 0 Å². The Kier molecular flexibility index (Phi) is 3.64. The van der Waals surface area contributed by atoms with E-state index in [0.717, 1.165) is 41.4 Å². The molecule has 5 nitrogen and oxygen atoms in total. The first-order chi connectivity index (χ1) is 9.67. The Balaban J connectivity index is 1.85. The summed E-state index contributed by atoms with van der Waals surface area (Å²) in [6.45, 7) is 0. The second-order valence-corrected chi connectivity index (χ2v) is 5.86. The van der Waals surface area contributed by atoms with E-state index in [1.807, 2.05) is 6.07 Å². The van der Waals surface area contributed by atoms with Crippen molar-refractivity contribution < 1.29 is 9.52 Å². The van der Waals surface area contributed by atoms with Gasteiger partial charge in [-0.1, -0.05) is 0 Å². The zero-order valence-electron chi connectivity index (χ0n) is 10.8. The van der Waals surface area contributed by atoms with E-state index in [-0.39, 0.29) is 11.9 Å². The maximum Gasteiger partial charge on any atom is 0.204 e. The summed E-state index contributed by atoms with van der Waals surface area (Å²) in [5, 5.41) is 22.6. The second kappa shape index (κ2) is 5.43. The molecule has 0 atom stereocenters. The lowest BCUT2D eigenvalue weighted by atomic mass is 9.93. The van der Waals surface area contributed by atoms with Crippen molar-refractivity contribution in [1.82, 2.24) is 4.98 Å². The average Bonchev–Trinajstić information content (AvgIpc) is 2.88. The number of aromatic nitrogens is 1. The fourth-order valence-electron chi connectivity index (χ4n) is 2.55. The first kappa shape index (κ1) is 13.4. The van der Waals surface area contributed by atoms with Gasteiger partial charge in [0.2, 0.25) is 5.76 Å². The summed E-state index contributed by atoms with van der Waals surface area (Å²) in [5.41, 5.74) is 0.595. The van der Waals surface area contributed by atoms with Crippen LogP contribution in [-0.2, 0) is 0 Å². The number of furan rings is 1. The largest absolute Gasteiger partial charge is 0.444 e. The maximum atomic E-state index is 9.52. The van der Waals surface area contributed by atoms with Crippen LogP contribution in [0.1, 0.15) is 31.4 Å². The molecule has 0 aliphatic heterocycles. The first-order valence-corrected chi connectivity index (χ1v) is 7.39. The molecule has 3 rings (SSSR count). The third kappa shape index (κ3) is 2.51. The van der Waals surface area contributed by atoms with Gasteiger partial charge < -0.3 is 14.8 Å². The van der Waals surface area contributed by atoms with Gasteiger partial charge in [-0.15, -0.1) is 0 Å². The lowest BCUT2D eigenvalue weighted by Crippen LogP contribution is -2.28. The van der Waals surface area contributed by atoms with Crippen molar-refractivity contribution in [2.45, 2.75) is 37.8 Å². The quantitative estimate of drug-likeness (QED) is 0.880. The Morgan fingerprint density at radius 3 is 2.85 bits per heavy atom. The molecule has 0 amide bonds. The SMILES string of the molecule is N#Cc1cc2c(Br)c(NC3CCC(O)CC3)ncc2o1. The minimum absolute atomic E-state index is 0.168. The number of aliphatic hydroxyl groups excluding tert-OH is 1. The van der Waals surface area contributed by atoms with Gasteiger partial charge in [-0.3, -0.25) is 0 Å². The van der Waals surface area contributed by atoms with E-state index in [0.29, 0.717) is 11.6 Å². The van der Waals surface area contributed by atoms with Gasteiger partial charge in [0, 0.05) is 17.5 Å². The molecule has 6 heteroatoms. The number of pyridine rings is 1. The molecular weight excluding hydrogens is 322 g/mol. The van der Waals surface area contributed by atoms with Gasteiger partial charge in [-0.25, -0.2) is 4.98 Å². The molecular formula is C14H14BrN3O2. The summed E-state index contributed by atoms with van der Waals surface area (Å²) in [6.07, 6.45) is 4.97. The standard InChI is InChI=1S/C14H14BrN3O2/c15-13-11-5-10(6-16)20-12(11)7-17-14(13)18-8-1-3-9(19)4-2-8/h5,7-9,19H,1-4H2,(H,17,18). The number of nitrogens with one attached hydrogen (secondary N) is 1. The molecule has 0 aromatic carbocycles. The van der Waals surface area contributed by atoms with Crippen LogP contribution in [0.3, 0.4) is 0 Å². The van der Waals surface area contributed by atoms with Crippen molar-refractivity contribution in [3.05, 3.63) is 22.5 Å². The normalized spacial score (nSPS) is 22.6. The number of hydrogen-bond donors (Lipinski definition) is 2. The van der Waals surface area contributed by atoms with Crippen molar-refractivity contribution in [2.24, 2.45) is 0 Å². The zero-order valence-corrected chi connectivity index (χ0v) is 12.4. The van der Waals surface area contributed by atoms with Gasteiger partial charge in [0.25, 0.3) is 0 Å². The fourth-order valence-corrected chi connectivity index (χ4v) is 3.08. The van der Waals surface area contributed by atoms with E-state index in [4.69, 9.17) is 9.68 Å². The predicted octanol–water partition coefficient (Wildman–Crippen LogP) is 3.18. The van der Waals surface area contributed by atoms with Gasteiger partial charge in [0.15, 0.2) is 5.58 Å². The lowest BCUT2D eigenvalue weighted by Gasteiger charge is -2.26. The monoisotopic (exact) mass is 335 g/mol. The highest BCUT2D eigenvalue weighted by Crippen LogP contribution is 2.33. The Labute approximate surface area is 124 Å². The van der Waals surface area contributed by atoms with Gasteiger partial charge in [-0.05, 0) is 41.6 Å². The van der Waals surface area contributed by atoms with Crippen molar-refractivity contribution in [3.63, 3.8) is 0 Å². The van der Waals surface area contributed by atoms with E-state index in [9.17, 15) is 5.11 Å². The molecule has 1 saturated carbocycles. The number of nitrogens with zero attached hydrogens (tertiary/aromatic N) is 2. The number of halogens is 1. The zero-order chi connectivity index (χ0) is 14.1. The Bertz CT molecular complexity index is 669. The van der Waals surface area contributed by atoms with Crippen LogP contribution in [0, 0.1) is 11.3 Å². The van der Waals surface area contributed by atoms with Crippen molar-refractivity contribution in [3.8, 4) is 6.07 Å². The maximum absolute atomic E-state index is 9.52. The van der Waals surface area contributed by atoms with Crippen LogP contribution >= 0.6 is 15.9 Å². The Morgan fingerprint density at radius 1 is 1.40 bits per heavy atom. The Morgan fingerprint density at radius 2 is 2.15 bits per heavy atom. The van der Waals surface area contributed by atoms with Crippen LogP contribution in [0.2, 0.25) is 0 Å². The molecule has 1 aliphatic rings. The van der Waals surface area contributed by atoms with Crippen molar-refractivity contribution in [1.29, 1.82) is 5.26 Å². The topological polar surface area (TPSA) is 82.1 Å². The molecule has 104 valence electrons. The minimum atomic E-state index is -0.168. The van der Waals surface area contributed by atoms with Gasteiger partial charge in [0.1, 0.15) is 11.9 Å². The fraction of sp³-hybridized carbons (Fsp3) is 0.429. The summed E-state index contributed by atoms with van der Waals surface area (Å²) in [6, 6.07) is 4.01. The van der Waals surface area contributed by atoms with Crippen LogP contribution < -0.4 is 5.32 Å². The molecule has 0 unspecified atom stereocenters. The molecule has 0 radical (unpaired) electrons. The second-order valence-electron chi connectivity index (χ2n) is 5.07. The molecule has 1 aliphatic carbocycles. The van der Waals surface area contributed by atoms with Gasteiger partial charge >= 0.3 is 0 Å². The highest BCUT2D eigenvalue weighted by atomic mass is 79.9. The molecule has 0 spiro atoms. The molecule has 20 heavy (non-hydrogen) atoms. The molecule has 2 heterocycles. The number of rotatable bonds is 2. The van der Waals surface area contributed by atoms with Crippen LogP contribution in [-0.4, -0.2) is 22.2 Å². The number of hydrogen-bond acceptors (Lipinski definition) is 5. The molecule has 0 saturated heterocycles. The first-order valence-electron chi connectivity index (χ1n) is 6.60. The van der Waals surface area contributed by atoms with E-state index < -0.39 is 0 Å². The predicted molar refractivity (Wildman–Crippen MR) is 78.3 cm³/mol. The van der Waals surface area contributed by atoms with Gasteiger partial charge in [-0.2, -0.15) is 5.26 Å². The summed E-state index contributed by atoms with van der Waals surface area (Å²) in [7, 11) is 0. The summed E-state index contributed by atoms with van der Waals surface area (Å²) in [4.78, 5) is 4.34. The van der Waals surface area contributed by atoms with Crippen LogP contribution in [0.5, 0.6) is 0 Å². The van der Waals surface area contributed by atoms with Crippen molar-refractivity contribution >= 4 is 32.7 Å². The number of anilines is 1. The number of nitriles is 1.